The highest BCUT2D eigenvalue weighted by atomic mass is 16.2. The number of rotatable bonds is 2. The fourth-order valence-corrected chi connectivity index (χ4v) is 3.33. The Morgan fingerprint density at radius 1 is 1.16 bits per heavy atom. The Morgan fingerprint density at radius 3 is 2.63 bits per heavy atom. The Labute approximate surface area is 115 Å². The van der Waals surface area contributed by atoms with Crippen LogP contribution in [0.3, 0.4) is 0 Å². The van der Waals surface area contributed by atoms with E-state index in [4.69, 9.17) is 5.73 Å². The van der Waals surface area contributed by atoms with Gasteiger partial charge in [0.1, 0.15) is 0 Å². The Balaban J connectivity index is 1.99. The monoisotopic (exact) mass is 267 g/mol. The van der Waals surface area contributed by atoms with Gasteiger partial charge in [-0.2, -0.15) is 0 Å². The minimum Gasteiger partial charge on any atom is -0.351 e. The third kappa shape index (κ3) is 3.19. The van der Waals surface area contributed by atoms with E-state index in [1.807, 2.05) is 0 Å². The Kier molecular flexibility index (Phi) is 4.66. The van der Waals surface area contributed by atoms with Gasteiger partial charge >= 0.3 is 6.03 Å². The fourth-order valence-electron chi connectivity index (χ4n) is 3.33. The number of carbonyl (C=O) groups is 2. The van der Waals surface area contributed by atoms with Crippen LogP contribution in [-0.2, 0) is 4.79 Å². The number of hydrogen-bond donors (Lipinski definition) is 1. The molecule has 2 heterocycles. The van der Waals surface area contributed by atoms with Gasteiger partial charge in [0.2, 0.25) is 5.91 Å². The summed E-state index contributed by atoms with van der Waals surface area (Å²) in [5.74, 6) is 0.186. The number of hydrogen-bond acceptors (Lipinski definition) is 2. The zero-order valence-electron chi connectivity index (χ0n) is 11.8. The van der Waals surface area contributed by atoms with Crippen molar-refractivity contribution in [2.45, 2.75) is 51.5 Å². The molecule has 0 aromatic heterocycles. The molecule has 2 saturated heterocycles. The fraction of sp³-hybridized carbons (Fsp3) is 0.857. The number of urea groups is 1. The lowest BCUT2D eigenvalue weighted by Gasteiger charge is -2.40. The van der Waals surface area contributed by atoms with Crippen LogP contribution in [0.2, 0.25) is 0 Å². The molecule has 2 fully saturated rings. The quantitative estimate of drug-likeness (QED) is 0.825. The highest BCUT2D eigenvalue weighted by molar-refractivity contribution is 5.81. The van der Waals surface area contributed by atoms with Crippen molar-refractivity contribution in [2.24, 2.45) is 11.7 Å². The van der Waals surface area contributed by atoms with Crippen molar-refractivity contribution in [3.05, 3.63) is 0 Å². The summed E-state index contributed by atoms with van der Waals surface area (Å²) >= 11 is 0. The standard InChI is InChI=1S/C14H25N3O2/c1-2-12-7-3-4-9-17(12)13(18)11-6-5-8-16(10-11)14(15)19/h11-12H,2-10H2,1H3,(H2,15,19)/t11-,12-/m0/s1. The maximum absolute atomic E-state index is 12.6. The summed E-state index contributed by atoms with van der Waals surface area (Å²) < 4.78 is 0. The van der Waals surface area contributed by atoms with E-state index in [-0.39, 0.29) is 11.8 Å². The largest absolute Gasteiger partial charge is 0.351 e. The third-order valence-electron chi connectivity index (χ3n) is 4.46. The van der Waals surface area contributed by atoms with E-state index >= 15 is 0 Å². The molecule has 2 aliphatic rings. The summed E-state index contributed by atoms with van der Waals surface area (Å²) in [6.45, 7) is 4.22. The second-order valence-corrected chi connectivity index (χ2v) is 5.71. The molecule has 108 valence electrons. The van der Waals surface area contributed by atoms with Gasteiger partial charge in [-0.3, -0.25) is 4.79 Å². The number of primary amides is 1. The van der Waals surface area contributed by atoms with Crippen LogP contribution in [0.25, 0.3) is 0 Å². The van der Waals surface area contributed by atoms with Crippen LogP contribution in [0.4, 0.5) is 4.79 Å². The van der Waals surface area contributed by atoms with Gasteiger partial charge in [0, 0.05) is 25.7 Å². The van der Waals surface area contributed by atoms with E-state index in [0.717, 1.165) is 38.6 Å². The van der Waals surface area contributed by atoms with Crippen LogP contribution in [0, 0.1) is 5.92 Å². The highest BCUT2D eigenvalue weighted by Crippen LogP contribution is 2.25. The lowest BCUT2D eigenvalue weighted by Crippen LogP contribution is -2.51. The van der Waals surface area contributed by atoms with E-state index in [9.17, 15) is 9.59 Å². The molecule has 0 aromatic carbocycles. The summed E-state index contributed by atoms with van der Waals surface area (Å²) in [5, 5.41) is 0. The third-order valence-corrected chi connectivity index (χ3v) is 4.46. The number of nitrogens with two attached hydrogens (primary N) is 1. The zero-order chi connectivity index (χ0) is 13.8. The van der Waals surface area contributed by atoms with Crippen molar-refractivity contribution in [1.29, 1.82) is 0 Å². The molecule has 2 aliphatic heterocycles. The van der Waals surface area contributed by atoms with E-state index in [2.05, 4.69) is 11.8 Å². The predicted octanol–water partition coefficient (Wildman–Crippen LogP) is 1.57. The Morgan fingerprint density at radius 2 is 1.95 bits per heavy atom. The molecule has 0 aromatic rings. The molecule has 5 heteroatoms. The predicted molar refractivity (Wildman–Crippen MR) is 73.5 cm³/mol. The van der Waals surface area contributed by atoms with E-state index in [1.165, 1.54) is 6.42 Å². The SMILES string of the molecule is CC[C@H]1CCCCN1C(=O)[C@H]1CCCN(C(N)=O)C1. The maximum atomic E-state index is 12.6. The zero-order valence-corrected chi connectivity index (χ0v) is 11.8. The Hall–Kier alpha value is -1.26. The normalized spacial score (nSPS) is 28.3. The lowest BCUT2D eigenvalue weighted by atomic mass is 9.93. The van der Waals surface area contributed by atoms with Crippen LogP contribution in [0.15, 0.2) is 0 Å². The van der Waals surface area contributed by atoms with Crippen LogP contribution in [-0.4, -0.2) is 47.4 Å². The van der Waals surface area contributed by atoms with E-state index in [1.54, 1.807) is 4.90 Å². The van der Waals surface area contributed by atoms with Crippen LogP contribution >= 0.6 is 0 Å². The first-order valence-corrected chi connectivity index (χ1v) is 7.48. The first-order valence-electron chi connectivity index (χ1n) is 7.48. The van der Waals surface area contributed by atoms with Gasteiger partial charge in [-0.25, -0.2) is 4.79 Å². The smallest absolute Gasteiger partial charge is 0.314 e. The summed E-state index contributed by atoms with van der Waals surface area (Å²) in [5.41, 5.74) is 5.32. The average Bonchev–Trinajstić information content (AvgIpc) is 2.46. The molecule has 2 rings (SSSR count). The number of nitrogens with zero attached hydrogens (tertiary/aromatic N) is 2. The van der Waals surface area contributed by atoms with Gasteiger partial charge < -0.3 is 15.5 Å². The number of carbonyl (C=O) groups excluding carboxylic acids is 2. The molecule has 2 N–H and O–H groups in total. The average molecular weight is 267 g/mol. The van der Waals surface area contributed by atoms with Gasteiger partial charge in [-0.1, -0.05) is 6.92 Å². The molecule has 3 amide bonds. The minimum atomic E-state index is -0.400. The molecular weight excluding hydrogens is 242 g/mol. The maximum Gasteiger partial charge on any atom is 0.314 e. The minimum absolute atomic E-state index is 0.0478. The molecule has 19 heavy (non-hydrogen) atoms. The first-order chi connectivity index (χ1) is 9.13. The van der Waals surface area contributed by atoms with Crippen LogP contribution in [0.5, 0.6) is 0 Å². The van der Waals surface area contributed by atoms with Crippen molar-refractivity contribution >= 4 is 11.9 Å². The summed E-state index contributed by atoms with van der Waals surface area (Å²) in [6.07, 6.45) is 6.24. The summed E-state index contributed by atoms with van der Waals surface area (Å²) in [4.78, 5) is 27.5. The number of piperidine rings is 2. The molecule has 2 atom stereocenters. The number of amides is 3. The molecule has 0 aliphatic carbocycles. The van der Waals surface area contributed by atoms with E-state index in [0.29, 0.717) is 19.1 Å². The van der Waals surface area contributed by atoms with Crippen LogP contribution in [0.1, 0.15) is 45.4 Å². The van der Waals surface area contributed by atoms with Crippen molar-refractivity contribution in [3.63, 3.8) is 0 Å². The van der Waals surface area contributed by atoms with Gasteiger partial charge in [0.15, 0.2) is 0 Å². The van der Waals surface area contributed by atoms with Crippen molar-refractivity contribution in [1.82, 2.24) is 9.80 Å². The molecule has 5 nitrogen and oxygen atoms in total. The molecule has 0 saturated carbocycles. The summed E-state index contributed by atoms with van der Waals surface area (Å²) in [6, 6.07) is -0.00612. The molecule has 0 radical (unpaired) electrons. The second kappa shape index (κ2) is 6.26. The first kappa shape index (κ1) is 14.2. The topological polar surface area (TPSA) is 66.6 Å². The Bertz CT molecular complexity index is 346. The van der Waals surface area contributed by atoms with E-state index < -0.39 is 6.03 Å². The van der Waals surface area contributed by atoms with Crippen molar-refractivity contribution in [3.8, 4) is 0 Å². The van der Waals surface area contributed by atoms with Gasteiger partial charge in [-0.15, -0.1) is 0 Å². The molecule has 0 unspecified atom stereocenters. The van der Waals surface area contributed by atoms with Crippen LogP contribution < -0.4 is 5.73 Å². The van der Waals surface area contributed by atoms with Gasteiger partial charge in [-0.05, 0) is 38.5 Å². The molecular formula is C14H25N3O2. The highest BCUT2D eigenvalue weighted by Gasteiger charge is 2.33. The second-order valence-electron chi connectivity index (χ2n) is 5.71. The number of likely N-dealkylation sites (tertiary alicyclic amines) is 2. The van der Waals surface area contributed by atoms with Gasteiger partial charge in [0.25, 0.3) is 0 Å². The lowest BCUT2D eigenvalue weighted by molar-refractivity contribution is -0.140. The molecule has 0 spiro atoms. The van der Waals surface area contributed by atoms with Crippen molar-refractivity contribution < 1.29 is 9.59 Å². The van der Waals surface area contributed by atoms with Crippen molar-refractivity contribution in [2.75, 3.05) is 19.6 Å². The molecule has 0 bridgehead atoms. The van der Waals surface area contributed by atoms with Gasteiger partial charge in [0.05, 0.1) is 5.92 Å². The summed E-state index contributed by atoms with van der Waals surface area (Å²) in [7, 11) is 0.